The minimum atomic E-state index is -0.0753. The highest BCUT2D eigenvalue weighted by Gasteiger charge is 2.07. The number of halogens is 2. The molecule has 0 saturated heterocycles. The fourth-order valence-corrected chi connectivity index (χ4v) is 12.4. The molecule has 0 atom stereocenters. The van der Waals surface area contributed by atoms with Gasteiger partial charge in [-0.25, -0.2) is 0 Å². The highest BCUT2D eigenvalue weighted by molar-refractivity contribution is 9.11. The number of methoxy groups -OCH3 is 4. The average Bonchev–Trinajstić information content (AvgIpc) is 0.837. The molecule has 0 bridgehead atoms. The minimum absolute atomic E-state index is 0.0753. The van der Waals surface area contributed by atoms with Crippen LogP contribution in [0, 0.1) is 0 Å². The SMILES string of the molecule is COc1cc(O)cc2ccccc12.COc1cc2ccccc2cc1O.COc1ccc2cc(O)ccc2c1.COc1ccc2ccc(O)cc2c1.Oc1cc2ccccc2cc1Br.Oc1cc2ccccc2cc1O.Oc1ccc2ccc(O)cc2c1.Oc1ccc2ccccc2c1.Oc1ccc2ccccc2c1Br. The Morgan fingerprint density at radius 3 is 0.955 bits per heavy atom. The second-order valence-corrected chi connectivity index (χ2v) is 26.4. The van der Waals surface area contributed by atoms with Crippen LogP contribution in [0.15, 0.2) is 343 Å². The quantitative estimate of drug-likeness (QED) is 0.0732. The number of ether oxygens (including phenoxy) is 4. The lowest BCUT2D eigenvalue weighted by molar-refractivity contribution is 0.374. The molecule has 0 aromatic heterocycles. The van der Waals surface area contributed by atoms with Crippen LogP contribution in [-0.4, -0.2) is 84.6 Å². The number of hydrogen-bond acceptors (Lipinski definition) is 15. The lowest BCUT2D eigenvalue weighted by Gasteiger charge is -2.05. The third kappa shape index (κ3) is 22.2. The molecule has 0 aliphatic rings. The molecule has 15 nitrogen and oxygen atoms in total. The van der Waals surface area contributed by atoms with E-state index in [1.54, 1.807) is 132 Å². The topological polar surface area (TPSA) is 259 Å². The summed E-state index contributed by atoms with van der Waals surface area (Å²) in [6.45, 7) is 0. The highest BCUT2D eigenvalue weighted by atomic mass is 79.9. The predicted molar refractivity (Wildman–Crippen MR) is 455 cm³/mol. The zero-order valence-corrected chi connectivity index (χ0v) is 63.7. The maximum Gasteiger partial charge on any atom is 0.161 e. The van der Waals surface area contributed by atoms with Crippen molar-refractivity contribution in [3.63, 3.8) is 0 Å². The molecular weight excluding hydrogens is 1530 g/mol. The molecule has 0 heterocycles. The minimum Gasteiger partial charge on any atom is -0.508 e. The van der Waals surface area contributed by atoms with Crippen LogP contribution in [0.1, 0.15) is 0 Å². The summed E-state index contributed by atoms with van der Waals surface area (Å²) in [6.07, 6.45) is 0. The second kappa shape index (κ2) is 38.7. The molecule has 18 aromatic carbocycles. The van der Waals surface area contributed by atoms with E-state index in [1.807, 2.05) is 231 Å². The van der Waals surface area contributed by atoms with Gasteiger partial charge in [0, 0.05) is 11.5 Å². The molecular formula is C94H78Br2O15. The maximum atomic E-state index is 9.48. The van der Waals surface area contributed by atoms with Crippen molar-refractivity contribution in [2.75, 3.05) is 28.4 Å². The summed E-state index contributed by atoms with van der Waals surface area (Å²) in [7, 11) is 6.41. The zero-order chi connectivity index (χ0) is 78.9. The standard InChI is InChI=1S/4C11H10O2.2C10H7BrO.2C10H8O2.C10H8O/c1-13-11-5-3-8-6-10(12)4-2-9(8)7-11;1-13-11-5-3-8-2-4-10(12)6-9(8)7-11;1-13-11-7-9(12)6-8-4-2-3-5-10(8)11;1-13-11-7-9-5-3-2-4-8(9)6-10(11)12;11-9-5-7-3-1-2-4-8(7)6-10(9)12;11-10-8-4-2-1-3-7(8)5-6-9(10)12;11-9-3-1-7-2-4-10(12)6-8(7)5-9;11-9-5-7-3-1-2-4-8(7)6-10(9)12;11-10-6-5-8-3-1-2-4-9(8)7-10/h4*2-7,12H,1H3;2*1-6,12H;2*1-6,11-12H;1-7,11H. The molecule has 11 N–H and O–H groups in total. The van der Waals surface area contributed by atoms with Crippen LogP contribution in [0.3, 0.4) is 0 Å². The number of rotatable bonds is 4. The van der Waals surface area contributed by atoms with Gasteiger partial charge >= 0.3 is 0 Å². The van der Waals surface area contributed by atoms with Crippen molar-refractivity contribution >= 4 is 129 Å². The van der Waals surface area contributed by atoms with Crippen LogP contribution < -0.4 is 18.9 Å². The third-order valence-electron chi connectivity index (χ3n) is 17.2. The lowest BCUT2D eigenvalue weighted by Crippen LogP contribution is -1.84. The number of phenols is 11. The van der Waals surface area contributed by atoms with E-state index < -0.39 is 0 Å². The van der Waals surface area contributed by atoms with Gasteiger partial charge in [0.15, 0.2) is 23.0 Å². The summed E-state index contributed by atoms with van der Waals surface area (Å²) in [5, 5.41) is 120. The molecule has 558 valence electrons. The van der Waals surface area contributed by atoms with Gasteiger partial charge in [-0.3, -0.25) is 0 Å². The first-order valence-electron chi connectivity index (χ1n) is 34.4. The molecule has 0 unspecified atom stereocenters. The van der Waals surface area contributed by atoms with Gasteiger partial charge in [0.05, 0.1) is 37.4 Å². The zero-order valence-electron chi connectivity index (χ0n) is 60.6. The Bertz CT molecular complexity index is 5980. The molecule has 111 heavy (non-hydrogen) atoms. The average molecular weight is 1610 g/mol. The monoisotopic (exact) mass is 1600 g/mol. The highest BCUT2D eigenvalue weighted by Crippen LogP contribution is 2.36. The number of benzene rings is 18. The summed E-state index contributed by atoms with van der Waals surface area (Å²) >= 11 is 6.60. The van der Waals surface area contributed by atoms with E-state index >= 15 is 0 Å². The Hall–Kier alpha value is -13.7. The molecule has 18 aromatic rings. The van der Waals surface area contributed by atoms with E-state index in [2.05, 4.69) is 31.9 Å². The fraction of sp³-hybridized carbons (Fsp3) is 0.0426. The number of hydrogen-bond donors (Lipinski definition) is 11. The summed E-state index contributed by atoms with van der Waals surface area (Å²) in [5.74, 6) is 5.01. The molecule has 0 spiro atoms. The molecule has 0 aliphatic heterocycles. The van der Waals surface area contributed by atoms with Crippen LogP contribution in [-0.2, 0) is 0 Å². The van der Waals surface area contributed by atoms with Crippen molar-refractivity contribution in [3.05, 3.63) is 343 Å². The fourth-order valence-electron chi connectivity index (χ4n) is 11.5. The van der Waals surface area contributed by atoms with E-state index in [0.717, 1.165) is 117 Å². The van der Waals surface area contributed by atoms with Crippen molar-refractivity contribution < 1.29 is 75.1 Å². The molecule has 17 heteroatoms. The largest absolute Gasteiger partial charge is 0.508 e. The number of aromatic hydroxyl groups is 11. The van der Waals surface area contributed by atoms with E-state index in [1.165, 1.54) is 0 Å². The smallest absolute Gasteiger partial charge is 0.161 e. The number of phenolic OH excluding ortho intramolecular Hbond substituents is 11. The lowest BCUT2D eigenvalue weighted by atomic mass is 10.1. The van der Waals surface area contributed by atoms with E-state index in [-0.39, 0.29) is 57.5 Å². The molecule has 0 saturated carbocycles. The van der Waals surface area contributed by atoms with Gasteiger partial charge in [-0.1, -0.05) is 194 Å². The Balaban J connectivity index is 0.000000133. The van der Waals surface area contributed by atoms with Crippen LogP contribution in [0.2, 0.25) is 0 Å². The summed E-state index contributed by atoms with van der Waals surface area (Å²) in [6, 6.07) is 102. The van der Waals surface area contributed by atoms with Gasteiger partial charge in [-0.05, 0) is 257 Å². The molecule has 0 fully saturated rings. The van der Waals surface area contributed by atoms with E-state index in [4.69, 9.17) is 44.5 Å². The van der Waals surface area contributed by atoms with Crippen molar-refractivity contribution in [3.8, 4) is 86.2 Å². The third-order valence-corrected chi connectivity index (χ3v) is 18.6. The second-order valence-electron chi connectivity index (χ2n) is 24.7. The van der Waals surface area contributed by atoms with E-state index in [0.29, 0.717) is 17.2 Å². The Morgan fingerprint density at radius 1 is 0.189 bits per heavy atom. The Kier molecular flexibility index (Phi) is 27.8. The van der Waals surface area contributed by atoms with Gasteiger partial charge in [0.25, 0.3) is 0 Å². The van der Waals surface area contributed by atoms with Crippen molar-refractivity contribution in [1.82, 2.24) is 0 Å². The first-order chi connectivity index (χ1) is 53.6. The van der Waals surface area contributed by atoms with Crippen LogP contribution in [0.4, 0.5) is 0 Å². The summed E-state index contributed by atoms with van der Waals surface area (Å²) < 4.78 is 21.8. The molecule has 0 amide bonds. The van der Waals surface area contributed by atoms with Crippen LogP contribution in [0.25, 0.3) is 97.0 Å². The van der Waals surface area contributed by atoms with Crippen LogP contribution in [0.5, 0.6) is 86.2 Å². The van der Waals surface area contributed by atoms with Gasteiger partial charge < -0.3 is 75.1 Å². The maximum absolute atomic E-state index is 9.48. The van der Waals surface area contributed by atoms with Crippen LogP contribution >= 0.6 is 31.9 Å². The van der Waals surface area contributed by atoms with Crippen molar-refractivity contribution in [2.24, 2.45) is 0 Å². The summed E-state index contributed by atoms with van der Waals surface area (Å²) in [4.78, 5) is 0. The van der Waals surface area contributed by atoms with Crippen molar-refractivity contribution in [2.45, 2.75) is 0 Å². The predicted octanol–water partition coefficient (Wildman–Crippen LogP) is 23.9. The molecule has 0 aliphatic carbocycles. The normalized spacial score (nSPS) is 10.3. The number of fused-ring (bicyclic) bond motifs is 9. The van der Waals surface area contributed by atoms with Gasteiger partial charge in [0.1, 0.15) is 63.2 Å². The van der Waals surface area contributed by atoms with Gasteiger partial charge in [-0.2, -0.15) is 0 Å². The first-order valence-corrected chi connectivity index (χ1v) is 36.0. The van der Waals surface area contributed by atoms with Gasteiger partial charge in [0.2, 0.25) is 0 Å². The molecule has 18 rings (SSSR count). The summed E-state index contributed by atoms with van der Waals surface area (Å²) in [5.41, 5.74) is 0. The Morgan fingerprint density at radius 2 is 0.486 bits per heavy atom. The first kappa shape index (κ1) is 79.8. The van der Waals surface area contributed by atoms with Crippen molar-refractivity contribution in [1.29, 1.82) is 0 Å². The Labute approximate surface area is 656 Å². The van der Waals surface area contributed by atoms with E-state index in [9.17, 15) is 30.6 Å². The molecule has 0 radical (unpaired) electrons. The van der Waals surface area contributed by atoms with Gasteiger partial charge in [-0.15, -0.1) is 0 Å².